The summed E-state index contributed by atoms with van der Waals surface area (Å²) in [5, 5.41) is 8.67. The first-order valence-corrected chi connectivity index (χ1v) is 4.88. The van der Waals surface area contributed by atoms with E-state index in [1.54, 1.807) is 0 Å². The molecule has 0 aliphatic rings. The topological polar surface area (TPSA) is 72.8 Å². The normalized spacial score (nSPS) is 9.41. The van der Waals surface area contributed by atoms with E-state index < -0.39 is 11.9 Å². The minimum atomic E-state index is -1.04. The van der Waals surface area contributed by atoms with Crippen LogP contribution in [0.4, 0.5) is 0 Å². The molecule has 0 aromatic heterocycles. The summed E-state index contributed by atoms with van der Waals surface area (Å²) in [6, 6.07) is 5.50. The Hall–Kier alpha value is -2.30. The maximum absolute atomic E-state index is 11.4. The Morgan fingerprint density at radius 2 is 1.76 bits per heavy atom. The van der Waals surface area contributed by atoms with E-state index in [1.807, 2.05) is 0 Å². The number of aromatic carboxylic acids is 1. The number of hydrogen-bond donors (Lipinski definition) is 1. The van der Waals surface area contributed by atoms with Gasteiger partial charge >= 0.3 is 11.9 Å². The van der Waals surface area contributed by atoms with E-state index in [0.29, 0.717) is 5.56 Å². The van der Waals surface area contributed by atoms with Crippen molar-refractivity contribution in [1.82, 2.24) is 0 Å². The molecule has 1 N–H and O–H groups in total. The lowest BCUT2D eigenvalue weighted by molar-refractivity contribution is 0.0420. The molecule has 90 valence electrons. The standard InChI is InChI=1S/C12H12O5/c1-2-16-7-8-17-12(15)10-5-3-9(4-6-10)11(13)14/h2-6H,1,7-8H2,(H,13,14). The van der Waals surface area contributed by atoms with Gasteiger partial charge in [-0.15, -0.1) is 0 Å². The highest BCUT2D eigenvalue weighted by atomic mass is 16.6. The molecule has 0 radical (unpaired) electrons. The zero-order chi connectivity index (χ0) is 12.7. The molecule has 0 saturated carbocycles. The fraction of sp³-hybridized carbons (Fsp3) is 0.167. The molecule has 0 spiro atoms. The SMILES string of the molecule is C=COCCOC(=O)c1ccc(C(=O)O)cc1. The molecule has 0 unspecified atom stereocenters. The molecular formula is C12H12O5. The van der Waals surface area contributed by atoms with Crippen molar-refractivity contribution in [2.24, 2.45) is 0 Å². The zero-order valence-electron chi connectivity index (χ0n) is 9.09. The van der Waals surface area contributed by atoms with Gasteiger partial charge in [0.15, 0.2) is 0 Å². The first kappa shape index (κ1) is 12.8. The Bertz CT molecular complexity index is 407. The van der Waals surface area contributed by atoms with Gasteiger partial charge in [-0.2, -0.15) is 0 Å². The molecule has 0 amide bonds. The first-order chi connectivity index (χ1) is 8.15. The van der Waals surface area contributed by atoms with Crippen molar-refractivity contribution < 1.29 is 24.2 Å². The molecule has 0 aliphatic carbocycles. The third-order valence-electron chi connectivity index (χ3n) is 1.92. The highest BCUT2D eigenvalue weighted by molar-refractivity contribution is 5.92. The van der Waals surface area contributed by atoms with Crippen molar-refractivity contribution in [1.29, 1.82) is 0 Å². The number of carbonyl (C=O) groups excluding carboxylic acids is 1. The summed E-state index contributed by atoms with van der Waals surface area (Å²) in [5.74, 6) is -1.56. The van der Waals surface area contributed by atoms with Crippen LogP contribution in [-0.2, 0) is 9.47 Å². The summed E-state index contributed by atoms with van der Waals surface area (Å²) in [6.07, 6.45) is 1.26. The van der Waals surface area contributed by atoms with Crippen LogP contribution in [0.5, 0.6) is 0 Å². The van der Waals surface area contributed by atoms with Gasteiger partial charge < -0.3 is 14.6 Å². The first-order valence-electron chi connectivity index (χ1n) is 4.88. The van der Waals surface area contributed by atoms with Gasteiger partial charge in [0.25, 0.3) is 0 Å². The number of benzene rings is 1. The number of carboxylic acids is 1. The predicted molar refractivity (Wildman–Crippen MR) is 59.8 cm³/mol. The van der Waals surface area contributed by atoms with E-state index >= 15 is 0 Å². The Labute approximate surface area is 98.3 Å². The van der Waals surface area contributed by atoms with Crippen LogP contribution in [0.2, 0.25) is 0 Å². The second-order valence-electron chi connectivity index (χ2n) is 3.06. The molecule has 1 rings (SSSR count). The van der Waals surface area contributed by atoms with Gasteiger partial charge in [0.1, 0.15) is 13.2 Å². The largest absolute Gasteiger partial charge is 0.498 e. The average Bonchev–Trinajstić information content (AvgIpc) is 2.34. The maximum atomic E-state index is 11.4. The van der Waals surface area contributed by atoms with Crippen molar-refractivity contribution in [2.75, 3.05) is 13.2 Å². The number of esters is 1. The molecule has 0 aliphatic heterocycles. The van der Waals surface area contributed by atoms with Gasteiger partial charge in [0.2, 0.25) is 0 Å². The number of carboxylic acid groups (broad SMARTS) is 1. The lowest BCUT2D eigenvalue weighted by Gasteiger charge is -2.04. The summed E-state index contributed by atoms with van der Waals surface area (Å²) in [4.78, 5) is 22.0. The van der Waals surface area contributed by atoms with Crippen LogP contribution in [0.25, 0.3) is 0 Å². The van der Waals surface area contributed by atoms with Gasteiger partial charge in [-0.3, -0.25) is 0 Å². The molecule has 0 bridgehead atoms. The lowest BCUT2D eigenvalue weighted by atomic mass is 10.1. The second-order valence-corrected chi connectivity index (χ2v) is 3.06. The van der Waals surface area contributed by atoms with E-state index in [4.69, 9.17) is 14.6 Å². The Kier molecular flexibility index (Phi) is 4.75. The number of hydrogen-bond acceptors (Lipinski definition) is 4. The third kappa shape index (κ3) is 3.98. The van der Waals surface area contributed by atoms with Crippen LogP contribution in [0.1, 0.15) is 20.7 Å². The minimum absolute atomic E-state index is 0.117. The third-order valence-corrected chi connectivity index (χ3v) is 1.92. The molecule has 5 nitrogen and oxygen atoms in total. The molecule has 0 atom stereocenters. The van der Waals surface area contributed by atoms with Crippen molar-refractivity contribution in [2.45, 2.75) is 0 Å². The van der Waals surface area contributed by atoms with Gasteiger partial charge in [0, 0.05) is 0 Å². The Morgan fingerprint density at radius 1 is 1.18 bits per heavy atom. The highest BCUT2D eigenvalue weighted by Gasteiger charge is 2.08. The summed E-state index contributed by atoms with van der Waals surface area (Å²) in [7, 11) is 0. The van der Waals surface area contributed by atoms with Crippen molar-refractivity contribution in [3.05, 3.63) is 48.2 Å². The van der Waals surface area contributed by atoms with Crippen LogP contribution >= 0.6 is 0 Å². The van der Waals surface area contributed by atoms with E-state index in [9.17, 15) is 9.59 Å². The lowest BCUT2D eigenvalue weighted by Crippen LogP contribution is -2.10. The van der Waals surface area contributed by atoms with Crippen LogP contribution in [-0.4, -0.2) is 30.3 Å². The van der Waals surface area contributed by atoms with Crippen molar-refractivity contribution >= 4 is 11.9 Å². The van der Waals surface area contributed by atoms with Gasteiger partial charge in [-0.25, -0.2) is 9.59 Å². The minimum Gasteiger partial charge on any atom is -0.498 e. The predicted octanol–water partition coefficient (Wildman–Crippen LogP) is 1.70. The van der Waals surface area contributed by atoms with Crippen LogP contribution < -0.4 is 0 Å². The zero-order valence-corrected chi connectivity index (χ0v) is 9.09. The van der Waals surface area contributed by atoms with Gasteiger partial charge in [0.05, 0.1) is 17.4 Å². The molecule has 0 saturated heterocycles. The maximum Gasteiger partial charge on any atom is 0.338 e. The van der Waals surface area contributed by atoms with E-state index in [2.05, 4.69) is 6.58 Å². The highest BCUT2D eigenvalue weighted by Crippen LogP contribution is 2.06. The van der Waals surface area contributed by atoms with Crippen molar-refractivity contribution in [3.63, 3.8) is 0 Å². The summed E-state index contributed by atoms with van der Waals surface area (Å²) >= 11 is 0. The monoisotopic (exact) mass is 236 g/mol. The molecular weight excluding hydrogens is 224 g/mol. The van der Waals surface area contributed by atoms with Gasteiger partial charge in [-0.05, 0) is 24.3 Å². The average molecular weight is 236 g/mol. The molecule has 0 fully saturated rings. The molecule has 1 aromatic rings. The van der Waals surface area contributed by atoms with E-state index in [-0.39, 0.29) is 18.8 Å². The molecule has 5 heteroatoms. The number of rotatable bonds is 6. The Morgan fingerprint density at radius 3 is 2.29 bits per heavy atom. The summed E-state index contributed by atoms with van der Waals surface area (Å²) < 4.78 is 9.65. The number of carbonyl (C=O) groups is 2. The molecule has 1 aromatic carbocycles. The fourth-order valence-electron chi connectivity index (χ4n) is 1.10. The number of ether oxygens (including phenoxy) is 2. The van der Waals surface area contributed by atoms with Crippen molar-refractivity contribution in [3.8, 4) is 0 Å². The van der Waals surface area contributed by atoms with Gasteiger partial charge in [-0.1, -0.05) is 6.58 Å². The molecule has 17 heavy (non-hydrogen) atoms. The molecule has 0 heterocycles. The van der Waals surface area contributed by atoms with Crippen LogP contribution in [0, 0.1) is 0 Å². The summed E-state index contributed by atoms with van der Waals surface area (Å²) in [5.41, 5.74) is 0.421. The van der Waals surface area contributed by atoms with E-state index in [0.717, 1.165) is 0 Å². The summed E-state index contributed by atoms with van der Waals surface area (Å²) in [6.45, 7) is 3.70. The fourth-order valence-corrected chi connectivity index (χ4v) is 1.10. The van der Waals surface area contributed by atoms with Crippen LogP contribution in [0.3, 0.4) is 0 Å². The smallest absolute Gasteiger partial charge is 0.338 e. The Balaban J connectivity index is 2.51. The quantitative estimate of drug-likeness (QED) is 0.462. The van der Waals surface area contributed by atoms with Crippen LogP contribution in [0.15, 0.2) is 37.1 Å². The van der Waals surface area contributed by atoms with E-state index in [1.165, 1.54) is 30.5 Å². The second kappa shape index (κ2) is 6.32.